The van der Waals surface area contributed by atoms with Crippen LogP contribution in [0, 0.1) is 5.92 Å². The highest BCUT2D eigenvalue weighted by Gasteiger charge is 2.38. The molecule has 1 aliphatic carbocycles. The average molecular weight is 467 g/mol. The molecule has 0 spiro atoms. The maximum atomic E-state index is 13.0. The average Bonchev–Trinajstić information content (AvgIpc) is 3.28. The van der Waals surface area contributed by atoms with Gasteiger partial charge in [-0.05, 0) is 30.3 Å². The number of aliphatic imine (C=N–C) groups is 1. The van der Waals surface area contributed by atoms with Gasteiger partial charge < -0.3 is 14.4 Å². The number of hydrogen-bond donors (Lipinski definition) is 0. The summed E-state index contributed by atoms with van der Waals surface area (Å²) < 4.78 is 10.8. The molecule has 5 rings (SSSR count). The first-order chi connectivity index (χ1) is 16.1. The molecule has 172 valence electrons. The van der Waals surface area contributed by atoms with E-state index in [1.165, 1.54) is 10.5 Å². The van der Waals surface area contributed by atoms with Gasteiger partial charge in [0.15, 0.2) is 11.5 Å². The molecule has 33 heavy (non-hydrogen) atoms. The molecular formula is C24H26N4O4S. The quantitative estimate of drug-likeness (QED) is 0.598. The van der Waals surface area contributed by atoms with Crippen molar-refractivity contribution in [3.05, 3.63) is 59.6 Å². The summed E-state index contributed by atoms with van der Waals surface area (Å²) in [5.74, 6) is 0.624. The number of thiocarbonyl (C=S) groups is 1. The molecule has 3 heterocycles. The molecule has 2 saturated heterocycles. The van der Waals surface area contributed by atoms with Crippen LogP contribution < -0.4 is 0 Å². The highest BCUT2D eigenvalue weighted by atomic mass is 32.1. The summed E-state index contributed by atoms with van der Waals surface area (Å²) in [6.45, 7) is 4.62. The lowest BCUT2D eigenvalue weighted by atomic mass is 9.94. The fraction of sp³-hybridized carbons (Fsp3) is 0.417. The first-order valence-corrected chi connectivity index (χ1v) is 11.7. The van der Waals surface area contributed by atoms with Gasteiger partial charge in [0.25, 0.3) is 0 Å². The second-order valence-corrected chi connectivity index (χ2v) is 8.84. The Morgan fingerprint density at radius 1 is 1.09 bits per heavy atom. The fourth-order valence-electron chi connectivity index (χ4n) is 4.48. The number of allylic oxidation sites excluding steroid dienone is 1. The first kappa shape index (κ1) is 21.8. The van der Waals surface area contributed by atoms with Crippen molar-refractivity contribution in [1.29, 1.82) is 0 Å². The summed E-state index contributed by atoms with van der Waals surface area (Å²) in [5.41, 5.74) is 1.87. The Balaban J connectivity index is 1.09. The van der Waals surface area contributed by atoms with Crippen LogP contribution >= 0.6 is 12.2 Å². The third-order valence-electron chi connectivity index (χ3n) is 6.32. The van der Waals surface area contributed by atoms with E-state index in [9.17, 15) is 9.59 Å². The third-order valence-corrected chi connectivity index (χ3v) is 6.63. The minimum Gasteiger partial charge on any atom is -0.454 e. The van der Waals surface area contributed by atoms with Crippen molar-refractivity contribution in [3.8, 4) is 0 Å². The highest BCUT2D eigenvalue weighted by Crippen LogP contribution is 2.31. The molecule has 0 saturated carbocycles. The van der Waals surface area contributed by atoms with Crippen molar-refractivity contribution >= 4 is 34.9 Å². The number of carbonyl (C=O) groups excluding carboxylic acids is 2. The fourth-order valence-corrected chi connectivity index (χ4v) is 4.77. The minimum atomic E-state index is -0.523. The van der Waals surface area contributed by atoms with Crippen LogP contribution in [0.1, 0.15) is 18.4 Å². The van der Waals surface area contributed by atoms with Gasteiger partial charge in [-0.3, -0.25) is 19.4 Å². The molecule has 8 nitrogen and oxygen atoms in total. The molecule has 1 unspecified atom stereocenters. The summed E-state index contributed by atoms with van der Waals surface area (Å²) in [6, 6.07) is 10.4. The van der Waals surface area contributed by atoms with E-state index in [2.05, 4.69) is 34.2 Å². The number of benzene rings is 1. The van der Waals surface area contributed by atoms with Gasteiger partial charge in [-0.1, -0.05) is 30.3 Å². The molecule has 2 fully saturated rings. The zero-order valence-corrected chi connectivity index (χ0v) is 19.1. The molecule has 3 aliphatic heterocycles. The monoisotopic (exact) mass is 466 g/mol. The van der Waals surface area contributed by atoms with Crippen LogP contribution in [-0.4, -0.2) is 76.9 Å². The second kappa shape index (κ2) is 9.44. The van der Waals surface area contributed by atoms with Crippen LogP contribution in [0.15, 0.2) is 59.0 Å². The number of ether oxygens (including phenoxy) is 2. The van der Waals surface area contributed by atoms with Gasteiger partial charge in [-0.15, -0.1) is 0 Å². The predicted molar refractivity (Wildman–Crippen MR) is 126 cm³/mol. The molecule has 1 aromatic carbocycles. The molecular weight excluding hydrogens is 440 g/mol. The van der Waals surface area contributed by atoms with Crippen LogP contribution in [0.4, 0.5) is 0 Å². The summed E-state index contributed by atoms with van der Waals surface area (Å²) >= 11 is 5.36. The third kappa shape index (κ3) is 4.69. The summed E-state index contributed by atoms with van der Waals surface area (Å²) in [6.07, 6.45) is 4.38. The van der Waals surface area contributed by atoms with Gasteiger partial charge in [0.05, 0.1) is 5.71 Å². The Bertz CT molecular complexity index is 1040. The van der Waals surface area contributed by atoms with Crippen molar-refractivity contribution in [1.82, 2.24) is 14.7 Å². The first-order valence-electron chi connectivity index (χ1n) is 11.3. The van der Waals surface area contributed by atoms with Crippen LogP contribution in [0.3, 0.4) is 0 Å². The normalized spacial score (nSPS) is 22.5. The van der Waals surface area contributed by atoms with E-state index in [4.69, 9.17) is 21.7 Å². The SMILES string of the molecule is O=C(CCCN1C(=O)C2C=C3OCOC3=CC2=NC1=S)N1CCN(Cc2ccccc2)CC1. The van der Waals surface area contributed by atoms with E-state index in [-0.39, 0.29) is 23.7 Å². The topological polar surface area (TPSA) is 74.7 Å². The Kier molecular flexibility index (Phi) is 6.24. The van der Waals surface area contributed by atoms with E-state index in [0.29, 0.717) is 36.6 Å². The minimum absolute atomic E-state index is 0.123. The number of carbonyl (C=O) groups is 2. The van der Waals surface area contributed by atoms with E-state index < -0.39 is 5.92 Å². The van der Waals surface area contributed by atoms with E-state index in [1.54, 1.807) is 12.2 Å². The molecule has 1 aromatic rings. The predicted octanol–water partition coefficient (Wildman–Crippen LogP) is 2.08. The highest BCUT2D eigenvalue weighted by molar-refractivity contribution is 7.80. The van der Waals surface area contributed by atoms with Crippen LogP contribution in [0.25, 0.3) is 0 Å². The second-order valence-electron chi connectivity index (χ2n) is 8.48. The summed E-state index contributed by atoms with van der Waals surface area (Å²) in [7, 11) is 0. The Morgan fingerprint density at radius 2 is 1.85 bits per heavy atom. The van der Waals surface area contributed by atoms with Gasteiger partial charge in [-0.2, -0.15) is 0 Å². The smallest absolute Gasteiger partial charge is 0.241 e. The zero-order valence-electron chi connectivity index (χ0n) is 18.3. The standard InChI is InChI=1S/C24H26N4O4S/c29-22(27-11-9-26(10-12-27)15-17-5-2-1-3-6-17)7-4-8-28-23(30)18-13-20-21(32-16-31-20)14-19(18)25-24(28)33/h1-3,5-6,13-14,18H,4,7-12,15-16H2. The molecule has 0 bridgehead atoms. The number of piperazine rings is 1. The lowest BCUT2D eigenvalue weighted by Gasteiger charge is -2.35. The molecule has 9 heteroatoms. The number of fused-ring (bicyclic) bond motifs is 2. The lowest BCUT2D eigenvalue weighted by Crippen LogP contribution is -2.49. The summed E-state index contributed by atoms with van der Waals surface area (Å²) in [5, 5.41) is 0.237. The van der Waals surface area contributed by atoms with Crippen LogP contribution in [0.2, 0.25) is 0 Å². The maximum absolute atomic E-state index is 13.0. The van der Waals surface area contributed by atoms with Crippen molar-refractivity contribution in [2.75, 3.05) is 39.5 Å². The van der Waals surface area contributed by atoms with E-state index in [1.807, 2.05) is 11.0 Å². The van der Waals surface area contributed by atoms with Gasteiger partial charge in [-0.25, -0.2) is 4.99 Å². The number of nitrogens with zero attached hydrogens (tertiary/aromatic N) is 4. The van der Waals surface area contributed by atoms with Crippen molar-refractivity contribution in [2.45, 2.75) is 19.4 Å². The number of hydrogen-bond acceptors (Lipinski definition) is 6. The Morgan fingerprint density at radius 3 is 2.64 bits per heavy atom. The Hall–Kier alpha value is -3.04. The van der Waals surface area contributed by atoms with Gasteiger partial charge in [0.2, 0.25) is 23.7 Å². The van der Waals surface area contributed by atoms with Crippen molar-refractivity contribution < 1.29 is 19.1 Å². The van der Waals surface area contributed by atoms with Gasteiger partial charge in [0.1, 0.15) is 5.92 Å². The Labute approximate surface area is 198 Å². The van der Waals surface area contributed by atoms with Crippen LogP contribution in [0.5, 0.6) is 0 Å². The number of amides is 2. The summed E-state index contributed by atoms with van der Waals surface area (Å²) in [4.78, 5) is 35.9. The zero-order chi connectivity index (χ0) is 22.8. The molecule has 0 aromatic heterocycles. The number of rotatable bonds is 6. The largest absolute Gasteiger partial charge is 0.454 e. The van der Waals surface area contributed by atoms with E-state index in [0.717, 1.165) is 32.7 Å². The molecule has 0 N–H and O–H groups in total. The molecule has 1 atom stereocenters. The molecule has 0 radical (unpaired) electrons. The maximum Gasteiger partial charge on any atom is 0.241 e. The molecule has 2 amide bonds. The van der Waals surface area contributed by atoms with Gasteiger partial charge >= 0.3 is 0 Å². The van der Waals surface area contributed by atoms with E-state index >= 15 is 0 Å². The van der Waals surface area contributed by atoms with Gasteiger partial charge in [0, 0.05) is 51.8 Å². The van der Waals surface area contributed by atoms with Crippen molar-refractivity contribution in [2.24, 2.45) is 10.9 Å². The lowest BCUT2D eigenvalue weighted by molar-refractivity contribution is -0.134. The van der Waals surface area contributed by atoms with Crippen LogP contribution in [-0.2, 0) is 25.6 Å². The van der Waals surface area contributed by atoms with Crippen molar-refractivity contribution in [3.63, 3.8) is 0 Å². The molecule has 4 aliphatic rings.